The normalized spacial score (nSPS) is 10.1. The van der Waals surface area contributed by atoms with Crippen LogP contribution < -0.4 is 10.5 Å². The van der Waals surface area contributed by atoms with Gasteiger partial charge in [-0.05, 0) is 49.2 Å². The molecule has 2 N–H and O–H groups in total. The standard InChI is InChI=1S/C14H14N2OS/c1-9-6-10(2)8-11(7-9)17-14-12(13(15)18)4-3-5-16-14/h3-8H,1-2H3,(H2,15,18). The molecular formula is C14H14N2OS. The predicted octanol–water partition coefficient (Wildman–Crippen LogP) is 3.12. The highest BCUT2D eigenvalue weighted by molar-refractivity contribution is 7.80. The first kappa shape index (κ1) is 12.5. The Bertz CT molecular complexity index is 576. The van der Waals surface area contributed by atoms with Crippen LogP contribution in [0.15, 0.2) is 36.5 Å². The number of pyridine rings is 1. The fourth-order valence-electron chi connectivity index (χ4n) is 1.76. The molecule has 0 radical (unpaired) electrons. The van der Waals surface area contributed by atoms with E-state index in [1.165, 1.54) is 0 Å². The van der Waals surface area contributed by atoms with Crippen LogP contribution in [0.3, 0.4) is 0 Å². The first-order valence-corrected chi connectivity index (χ1v) is 5.98. The lowest BCUT2D eigenvalue weighted by Gasteiger charge is -2.10. The fraction of sp³-hybridized carbons (Fsp3) is 0.143. The van der Waals surface area contributed by atoms with E-state index in [9.17, 15) is 0 Å². The summed E-state index contributed by atoms with van der Waals surface area (Å²) >= 11 is 4.98. The molecule has 0 saturated heterocycles. The van der Waals surface area contributed by atoms with Gasteiger partial charge in [0.25, 0.3) is 0 Å². The van der Waals surface area contributed by atoms with Crippen LogP contribution in [0.2, 0.25) is 0 Å². The van der Waals surface area contributed by atoms with Crippen molar-refractivity contribution >= 4 is 17.2 Å². The van der Waals surface area contributed by atoms with Crippen LogP contribution in [-0.4, -0.2) is 9.97 Å². The Morgan fingerprint density at radius 1 is 1.22 bits per heavy atom. The van der Waals surface area contributed by atoms with Crippen molar-refractivity contribution in [3.63, 3.8) is 0 Å². The maximum absolute atomic E-state index is 5.75. The second-order valence-electron chi connectivity index (χ2n) is 4.15. The van der Waals surface area contributed by atoms with Gasteiger partial charge in [-0.15, -0.1) is 0 Å². The van der Waals surface area contributed by atoms with Crippen molar-refractivity contribution in [2.45, 2.75) is 13.8 Å². The summed E-state index contributed by atoms with van der Waals surface area (Å²) in [5.41, 5.74) is 8.56. The van der Waals surface area contributed by atoms with Gasteiger partial charge >= 0.3 is 0 Å². The Balaban J connectivity index is 2.37. The minimum Gasteiger partial charge on any atom is -0.438 e. The molecule has 1 aromatic carbocycles. The van der Waals surface area contributed by atoms with E-state index in [2.05, 4.69) is 11.1 Å². The van der Waals surface area contributed by atoms with Gasteiger partial charge in [-0.1, -0.05) is 18.3 Å². The summed E-state index contributed by atoms with van der Waals surface area (Å²) in [6.07, 6.45) is 1.65. The first-order chi connectivity index (χ1) is 8.56. The van der Waals surface area contributed by atoms with E-state index in [0.717, 1.165) is 16.9 Å². The van der Waals surface area contributed by atoms with Gasteiger partial charge in [0.1, 0.15) is 10.7 Å². The predicted molar refractivity (Wildman–Crippen MR) is 76.1 cm³/mol. The summed E-state index contributed by atoms with van der Waals surface area (Å²) < 4.78 is 5.75. The van der Waals surface area contributed by atoms with Crippen molar-refractivity contribution in [2.75, 3.05) is 0 Å². The number of hydrogen-bond donors (Lipinski definition) is 1. The molecule has 2 aromatic rings. The summed E-state index contributed by atoms with van der Waals surface area (Å²) in [5.74, 6) is 1.18. The average molecular weight is 258 g/mol. The van der Waals surface area contributed by atoms with Crippen molar-refractivity contribution in [2.24, 2.45) is 5.73 Å². The second kappa shape index (κ2) is 5.14. The number of rotatable bonds is 3. The molecule has 0 aliphatic carbocycles. The zero-order valence-electron chi connectivity index (χ0n) is 10.3. The van der Waals surface area contributed by atoms with Gasteiger partial charge in [-0.25, -0.2) is 4.98 Å². The highest BCUT2D eigenvalue weighted by Gasteiger charge is 2.08. The number of ether oxygens (including phenoxy) is 1. The van der Waals surface area contributed by atoms with E-state index in [1.54, 1.807) is 18.3 Å². The molecule has 0 saturated carbocycles. The third-order valence-corrected chi connectivity index (χ3v) is 2.67. The van der Waals surface area contributed by atoms with Gasteiger partial charge in [0.2, 0.25) is 5.88 Å². The number of aromatic nitrogens is 1. The van der Waals surface area contributed by atoms with Crippen LogP contribution in [0.1, 0.15) is 16.7 Å². The van der Waals surface area contributed by atoms with Gasteiger partial charge < -0.3 is 10.5 Å². The van der Waals surface area contributed by atoms with Crippen LogP contribution >= 0.6 is 12.2 Å². The summed E-state index contributed by atoms with van der Waals surface area (Å²) in [6, 6.07) is 9.56. The van der Waals surface area contributed by atoms with Crippen LogP contribution in [0.4, 0.5) is 0 Å². The molecule has 1 aromatic heterocycles. The van der Waals surface area contributed by atoms with Gasteiger partial charge in [-0.3, -0.25) is 0 Å². The molecule has 0 amide bonds. The lowest BCUT2D eigenvalue weighted by molar-refractivity contribution is 0.461. The molecular weight excluding hydrogens is 244 g/mol. The quantitative estimate of drug-likeness (QED) is 0.859. The van der Waals surface area contributed by atoms with E-state index in [1.807, 2.05) is 26.0 Å². The maximum Gasteiger partial charge on any atom is 0.229 e. The van der Waals surface area contributed by atoms with E-state index in [4.69, 9.17) is 22.7 Å². The molecule has 18 heavy (non-hydrogen) atoms. The molecule has 3 nitrogen and oxygen atoms in total. The second-order valence-corrected chi connectivity index (χ2v) is 4.59. The highest BCUT2D eigenvalue weighted by Crippen LogP contribution is 2.24. The molecule has 0 aliphatic rings. The summed E-state index contributed by atoms with van der Waals surface area (Å²) in [4.78, 5) is 4.44. The maximum atomic E-state index is 5.75. The molecule has 1 heterocycles. The van der Waals surface area contributed by atoms with Crippen molar-refractivity contribution in [3.8, 4) is 11.6 Å². The number of aryl methyl sites for hydroxylation is 2. The van der Waals surface area contributed by atoms with Crippen molar-refractivity contribution in [1.82, 2.24) is 4.98 Å². The monoisotopic (exact) mass is 258 g/mol. The molecule has 92 valence electrons. The number of hydrogen-bond acceptors (Lipinski definition) is 3. The van der Waals surface area contributed by atoms with Crippen molar-refractivity contribution in [1.29, 1.82) is 0 Å². The first-order valence-electron chi connectivity index (χ1n) is 5.57. The third kappa shape index (κ3) is 2.84. The number of thiocarbonyl (C=S) groups is 1. The van der Waals surface area contributed by atoms with E-state index < -0.39 is 0 Å². The topological polar surface area (TPSA) is 48.1 Å². The third-order valence-electron chi connectivity index (χ3n) is 2.45. The Morgan fingerprint density at radius 3 is 2.50 bits per heavy atom. The molecule has 0 unspecified atom stereocenters. The van der Waals surface area contributed by atoms with Gasteiger partial charge in [0.15, 0.2) is 0 Å². The minimum absolute atomic E-state index is 0.280. The molecule has 0 fully saturated rings. The van der Waals surface area contributed by atoms with Crippen LogP contribution in [0.25, 0.3) is 0 Å². The Kier molecular flexibility index (Phi) is 3.58. The number of benzene rings is 1. The van der Waals surface area contributed by atoms with E-state index in [-0.39, 0.29) is 4.99 Å². The molecule has 0 aliphatic heterocycles. The van der Waals surface area contributed by atoms with Gasteiger partial charge in [0.05, 0.1) is 5.56 Å². The Hall–Kier alpha value is -1.94. The largest absolute Gasteiger partial charge is 0.438 e. The molecule has 0 atom stereocenters. The van der Waals surface area contributed by atoms with E-state index >= 15 is 0 Å². The zero-order chi connectivity index (χ0) is 13.1. The summed E-state index contributed by atoms with van der Waals surface area (Å²) in [5, 5.41) is 0. The number of nitrogens with zero attached hydrogens (tertiary/aromatic N) is 1. The molecule has 2 rings (SSSR count). The van der Waals surface area contributed by atoms with Crippen molar-refractivity contribution < 1.29 is 4.74 Å². The smallest absolute Gasteiger partial charge is 0.229 e. The fourth-order valence-corrected chi connectivity index (χ4v) is 1.92. The van der Waals surface area contributed by atoms with Crippen LogP contribution in [-0.2, 0) is 0 Å². The summed E-state index contributed by atoms with van der Waals surface area (Å²) in [6.45, 7) is 4.04. The van der Waals surface area contributed by atoms with Crippen LogP contribution in [0, 0.1) is 13.8 Å². The lowest BCUT2D eigenvalue weighted by Crippen LogP contribution is -2.11. The van der Waals surface area contributed by atoms with Crippen LogP contribution in [0.5, 0.6) is 11.6 Å². The molecule has 0 bridgehead atoms. The Morgan fingerprint density at radius 2 is 1.89 bits per heavy atom. The Labute approximate surface area is 112 Å². The molecule has 0 spiro atoms. The SMILES string of the molecule is Cc1cc(C)cc(Oc2ncccc2C(N)=S)c1. The van der Waals surface area contributed by atoms with Crippen molar-refractivity contribution in [3.05, 3.63) is 53.2 Å². The van der Waals surface area contributed by atoms with Gasteiger partial charge in [-0.2, -0.15) is 0 Å². The summed E-state index contributed by atoms with van der Waals surface area (Å²) in [7, 11) is 0. The number of nitrogens with two attached hydrogens (primary N) is 1. The van der Waals surface area contributed by atoms with Gasteiger partial charge in [0, 0.05) is 6.20 Å². The minimum atomic E-state index is 0.280. The highest BCUT2D eigenvalue weighted by atomic mass is 32.1. The zero-order valence-corrected chi connectivity index (χ0v) is 11.1. The lowest BCUT2D eigenvalue weighted by atomic mass is 10.1. The average Bonchev–Trinajstić information content (AvgIpc) is 2.27. The molecule has 4 heteroatoms. The van der Waals surface area contributed by atoms with E-state index in [0.29, 0.717) is 11.4 Å².